The first-order chi connectivity index (χ1) is 20.7. The van der Waals surface area contributed by atoms with Gasteiger partial charge in [0.05, 0.1) is 5.69 Å². The SMILES string of the molecule is CCC(=O)N[C@H](Cc1ccc(NC(=O)[C@](C)(SNC(=O)OC(C)(C)C)C2CCCCCC2)c(F)c1)C(=O)N1CCN(C)CC1. The number of hydrogen-bond donors (Lipinski definition) is 3. The van der Waals surface area contributed by atoms with Gasteiger partial charge in [0.1, 0.15) is 22.2 Å². The highest BCUT2D eigenvalue weighted by Gasteiger charge is 2.43. The lowest BCUT2D eigenvalue weighted by molar-refractivity contribution is -0.137. The van der Waals surface area contributed by atoms with E-state index in [2.05, 4.69) is 20.3 Å². The summed E-state index contributed by atoms with van der Waals surface area (Å²) in [7, 11) is 2.00. The van der Waals surface area contributed by atoms with Gasteiger partial charge in [-0.1, -0.05) is 38.7 Å². The summed E-state index contributed by atoms with van der Waals surface area (Å²) in [4.78, 5) is 55.7. The second kappa shape index (κ2) is 15.9. The van der Waals surface area contributed by atoms with Crippen LogP contribution in [0.4, 0.5) is 14.9 Å². The Balaban J connectivity index is 1.76. The lowest BCUT2D eigenvalue weighted by atomic mass is 9.85. The lowest BCUT2D eigenvalue weighted by Gasteiger charge is -2.35. The van der Waals surface area contributed by atoms with Gasteiger partial charge in [0.25, 0.3) is 0 Å². The van der Waals surface area contributed by atoms with Crippen LogP contribution in [0.5, 0.6) is 0 Å². The number of ether oxygens (including phenoxy) is 1. The molecule has 1 aliphatic heterocycles. The Morgan fingerprint density at radius 2 is 1.66 bits per heavy atom. The van der Waals surface area contributed by atoms with E-state index >= 15 is 4.39 Å². The molecule has 0 aromatic heterocycles. The Morgan fingerprint density at radius 1 is 1.02 bits per heavy atom. The number of hydrogen-bond acceptors (Lipinski definition) is 7. The maximum Gasteiger partial charge on any atom is 0.417 e. The van der Waals surface area contributed by atoms with Gasteiger partial charge in [-0.2, -0.15) is 0 Å². The van der Waals surface area contributed by atoms with Crippen molar-refractivity contribution in [1.82, 2.24) is 19.8 Å². The van der Waals surface area contributed by atoms with E-state index in [0.29, 0.717) is 18.7 Å². The molecule has 1 heterocycles. The van der Waals surface area contributed by atoms with Gasteiger partial charge in [-0.25, -0.2) is 9.18 Å². The maximum absolute atomic E-state index is 15.5. The molecule has 44 heavy (non-hydrogen) atoms. The molecular weight excluding hydrogens is 585 g/mol. The fraction of sp³-hybridized carbons (Fsp3) is 0.688. The largest absolute Gasteiger partial charge is 0.443 e. The molecule has 1 saturated heterocycles. The molecule has 3 rings (SSSR count). The Morgan fingerprint density at radius 3 is 2.23 bits per heavy atom. The standard InChI is InChI=1S/C32H50FN5O5S/c1-7-27(39)34-26(28(40)38-18-16-37(6)17-19-38)21-22-14-15-25(24(33)20-22)35-29(41)32(5,23-12-10-8-9-11-13-23)44-36-30(42)43-31(2,3)4/h14-15,20,23,26H,7-13,16-19,21H2,1-6H3,(H,34,39)(H,35,41)(H,36,42)/t26-,32-/m1/s1. The predicted octanol–water partition coefficient (Wildman–Crippen LogP) is 4.88. The van der Waals surface area contributed by atoms with Crippen molar-refractivity contribution in [2.24, 2.45) is 5.92 Å². The van der Waals surface area contributed by atoms with Crippen LogP contribution in [0.3, 0.4) is 0 Å². The minimum absolute atomic E-state index is 0.0102. The second-order valence-corrected chi connectivity index (χ2v) is 14.3. The molecule has 3 N–H and O–H groups in total. The van der Waals surface area contributed by atoms with Gasteiger partial charge in [-0.05, 0) is 83.1 Å². The van der Waals surface area contributed by atoms with Crippen LogP contribution in [0.1, 0.15) is 85.1 Å². The summed E-state index contributed by atoms with van der Waals surface area (Å²) in [6, 6.07) is 3.63. The molecule has 1 aliphatic carbocycles. The number of amides is 4. The Labute approximate surface area is 265 Å². The number of rotatable bonds is 10. The third kappa shape index (κ3) is 10.4. The highest BCUT2D eigenvalue weighted by molar-refractivity contribution is 8.00. The average molecular weight is 636 g/mol. The van der Waals surface area contributed by atoms with Gasteiger partial charge < -0.3 is 25.2 Å². The topological polar surface area (TPSA) is 120 Å². The number of nitrogens with zero attached hydrogens (tertiary/aromatic N) is 2. The summed E-state index contributed by atoms with van der Waals surface area (Å²) in [5.41, 5.74) is -0.155. The number of carbonyl (C=O) groups is 4. The van der Waals surface area contributed by atoms with E-state index in [9.17, 15) is 19.2 Å². The quantitative estimate of drug-likeness (QED) is 0.248. The number of benzene rings is 1. The van der Waals surface area contributed by atoms with E-state index in [1.165, 1.54) is 12.1 Å². The van der Waals surface area contributed by atoms with Crippen LogP contribution in [0.2, 0.25) is 0 Å². The molecule has 2 fully saturated rings. The van der Waals surface area contributed by atoms with Crippen molar-refractivity contribution in [3.63, 3.8) is 0 Å². The van der Waals surface area contributed by atoms with Crippen LogP contribution in [0.15, 0.2) is 18.2 Å². The van der Waals surface area contributed by atoms with Crippen molar-refractivity contribution >= 4 is 41.5 Å². The van der Waals surface area contributed by atoms with E-state index < -0.39 is 34.2 Å². The summed E-state index contributed by atoms with van der Waals surface area (Å²) in [6.45, 7) is 11.4. The Kier molecular flexibility index (Phi) is 12.9. The van der Waals surface area contributed by atoms with Crippen molar-refractivity contribution in [2.45, 2.75) is 102 Å². The third-order valence-corrected chi connectivity index (χ3v) is 9.53. The molecular formula is C32H50FN5O5S. The molecule has 12 heteroatoms. The van der Waals surface area contributed by atoms with Gasteiger partial charge in [0, 0.05) is 39.0 Å². The van der Waals surface area contributed by atoms with Gasteiger partial charge in [-0.15, -0.1) is 0 Å². The maximum atomic E-state index is 15.5. The van der Waals surface area contributed by atoms with Crippen LogP contribution in [0.25, 0.3) is 0 Å². The van der Waals surface area contributed by atoms with Crippen molar-refractivity contribution in [2.75, 3.05) is 38.5 Å². The smallest absolute Gasteiger partial charge is 0.417 e. The third-order valence-electron chi connectivity index (χ3n) is 8.32. The molecule has 0 unspecified atom stereocenters. The van der Waals surface area contributed by atoms with Crippen LogP contribution in [-0.2, 0) is 25.5 Å². The first-order valence-corrected chi connectivity index (χ1v) is 16.6. The zero-order valence-corrected chi connectivity index (χ0v) is 27.9. The summed E-state index contributed by atoms with van der Waals surface area (Å²) < 4.78 is 22.5. The molecule has 1 aromatic carbocycles. The monoisotopic (exact) mass is 635 g/mol. The fourth-order valence-corrected chi connectivity index (χ4v) is 6.49. The normalized spacial score (nSPS) is 18.8. The van der Waals surface area contributed by atoms with Crippen LogP contribution in [-0.4, -0.2) is 83.2 Å². The number of anilines is 1. The minimum atomic E-state index is -1.07. The molecule has 1 saturated carbocycles. The molecule has 0 radical (unpaired) electrons. The predicted molar refractivity (Wildman–Crippen MR) is 172 cm³/mol. The van der Waals surface area contributed by atoms with Crippen molar-refractivity contribution in [3.8, 4) is 0 Å². The molecule has 2 aliphatic rings. The van der Waals surface area contributed by atoms with E-state index in [4.69, 9.17) is 4.74 Å². The fourth-order valence-electron chi connectivity index (χ4n) is 5.60. The zero-order valence-electron chi connectivity index (χ0n) is 27.1. The Hall–Kier alpha value is -2.86. The average Bonchev–Trinajstić information content (AvgIpc) is 3.26. The van der Waals surface area contributed by atoms with Gasteiger partial charge in [0.2, 0.25) is 17.7 Å². The molecule has 4 amide bonds. The summed E-state index contributed by atoms with van der Waals surface area (Å²) in [5.74, 6) is -1.52. The second-order valence-electron chi connectivity index (χ2n) is 13.1. The van der Waals surface area contributed by atoms with Crippen molar-refractivity contribution in [1.29, 1.82) is 0 Å². The summed E-state index contributed by atoms with van der Waals surface area (Å²) in [6.07, 6.45) is 5.49. The van der Waals surface area contributed by atoms with Gasteiger partial charge in [0.15, 0.2) is 0 Å². The molecule has 10 nitrogen and oxygen atoms in total. The highest BCUT2D eigenvalue weighted by Crippen LogP contribution is 2.41. The van der Waals surface area contributed by atoms with E-state index in [1.807, 2.05) is 7.05 Å². The van der Waals surface area contributed by atoms with Crippen LogP contribution < -0.4 is 15.4 Å². The number of likely N-dealkylation sites (N-methyl/N-ethyl adjacent to an activating group) is 1. The highest BCUT2D eigenvalue weighted by atomic mass is 32.2. The number of halogens is 1. The van der Waals surface area contributed by atoms with E-state index in [1.54, 1.807) is 45.6 Å². The van der Waals surface area contributed by atoms with E-state index in [0.717, 1.165) is 63.6 Å². The van der Waals surface area contributed by atoms with Gasteiger partial charge >= 0.3 is 6.09 Å². The summed E-state index contributed by atoms with van der Waals surface area (Å²) >= 11 is 1.01. The molecule has 1 aromatic rings. The van der Waals surface area contributed by atoms with Crippen LogP contribution in [0, 0.1) is 11.7 Å². The van der Waals surface area contributed by atoms with Crippen molar-refractivity contribution in [3.05, 3.63) is 29.6 Å². The molecule has 246 valence electrons. The first-order valence-electron chi connectivity index (χ1n) is 15.8. The Bertz CT molecular complexity index is 1160. The molecule has 0 bridgehead atoms. The van der Waals surface area contributed by atoms with Gasteiger partial charge in [-0.3, -0.25) is 19.1 Å². The number of nitrogens with one attached hydrogen (secondary N) is 3. The van der Waals surface area contributed by atoms with Crippen LogP contribution >= 0.6 is 11.9 Å². The molecule has 0 spiro atoms. The first kappa shape index (κ1) is 35.6. The van der Waals surface area contributed by atoms with Crippen molar-refractivity contribution < 1.29 is 28.3 Å². The number of piperazine rings is 1. The summed E-state index contributed by atoms with van der Waals surface area (Å²) in [5, 5.41) is 5.57. The molecule has 2 atom stereocenters. The minimum Gasteiger partial charge on any atom is -0.443 e. The zero-order chi connectivity index (χ0) is 32.5. The lowest BCUT2D eigenvalue weighted by Crippen LogP contribution is -2.54. The number of carbonyl (C=O) groups excluding carboxylic acids is 4. The van der Waals surface area contributed by atoms with E-state index in [-0.39, 0.29) is 36.3 Å².